The Morgan fingerprint density at radius 2 is 1.64 bits per heavy atom. The molecule has 0 aliphatic carbocycles. The number of benzene rings is 2. The molecule has 0 fully saturated rings. The highest BCUT2D eigenvalue weighted by molar-refractivity contribution is 6.12. The number of furan rings is 1. The standard InChI is InChI=1S/C21H14N2O5/c1-13-2-4-15(5-3-13)20-22-18(21(24)28-20)12-17-10-11-19(27-17)14-6-8-16(9-7-14)23(25)26/h2-12H,1H3. The second-order valence-electron chi connectivity index (χ2n) is 6.21. The zero-order valence-corrected chi connectivity index (χ0v) is 14.8. The summed E-state index contributed by atoms with van der Waals surface area (Å²) in [5.74, 6) is 0.646. The molecule has 28 heavy (non-hydrogen) atoms. The number of rotatable bonds is 4. The monoisotopic (exact) mass is 374 g/mol. The van der Waals surface area contributed by atoms with E-state index in [0.29, 0.717) is 22.6 Å². The minimum atomic E-state index is -0.552. The number of hydrogen-bond donors (Lipinski definition) is 0. The van der Waals surface area contributed by atoms with E-state index in [4.69, 9.17) is 9.15 Å². The number of cyclic esters (lactones) is 1. The second-order valence-corrected chi connectivity index (χ2v) is 6.21. The molecule has 0 saturated heterocycles. The zero-order valence-electron chi connectivity index (χ0n) is 14.8. The fourth-order valence-electron chi connectivity index (χ4n) is 2.70. The Morgan fingerprint density at radius 3 is 2.32 bits per heavy atom. The Hall–Kier alpha value is -4.00. The van der Waals surface area contributed by atoms with Crippen molar-refractivity contribution in [2.45, 2.75) is 6.92 Å². The van der Waals surface area contributed by atoms with Gasteiger partial charge < -0.3 is 9.15 Å². The molecule has 138 valence electrons. The van der Waals surface area contributed by atoms with Gasteiger partial charge in [0.15, 0.2) is 5.70 Å². The van der Waals surface area contributed by atoms with Crippen LogP contribution in [0.25, 0.3) is 17.4 Å². The van der Waals surface area contributed by atoms with Gasteiger partial charge in [-0.1, -0.05) is 17.7 Å². The average molecular weight is 374 g/mol. The molecule has 0 N–H and O–H groups in total. The Bertz CT molecular complexity index is 1120. The molecule has 0 radical (unpaired) electrons. The van der Waals surface area contributed by atoms with Crippen LogP contribution in [0.5, 0.6) is 0 Å². The van der Waals surface area contributed by atoms with E-state index < -0.39 is 10.9 Å². The van der Waals surface area contributed by atoms with Crippen molar-refractivity contribution >= 4 is 23.6 Å². The van der Waals surface area contributed by atoms with Crippen molar-refractivity contribution in [3.8, 4) is 11.3 Å². The molecule has 0 atom stereocenters. The quantitative estimate of drug-likeness (QED) is 0.290. The van der Waals surface area contributed by atoms with Gasteiger partial charge in [-0.25, -0.2) is 9.79 Å². The summed E-state index contributed by atoms with van der Waals surface area (Å²) in [6.07, 6.45) is 1.50. The van der Waals surface area contributed by atoms with Gasteiger partial charge in [0, 0.05) is 29.3 Å². The number of esters is 1. The average Bonchev–Trinajstić information content (AvgIpc) is 3.30. The SMILES string of the molecule is Cc1ccc(C2=NC(=Cc3ccc(-c4ccc([N+](=O)[O-])cc4)o3)C(=O)O2)cc1. The normalized spacial score (nSPS) is 14.8. The molecule has 4 rings (SSSR count). The summed E-state index contributed by atoms with van der Waals surface area (Å²) in [4.78, 5) is 26.6. The minimum Gasteiger partial charge on any atom is -0.457 e. The lowest BCUT2D eigenvalue weighted by Crippen LogP contribution is -2.05. The summed E-state index contributed by atoms with van der Waals surface area (Å²) in [6, 6.07) is 16.9. The van der Waals surface area contributed by atoms with Crippen LogP contribution >= 0.6 is 0 Å². The predicted octanol–water partition coefficient (Wildman–Crippen LogP) is 4.51. The number of nitro benzene ring substituents is 1. The highest BCUT2D eigenvalue weighted by Gasteiger charge is 2.24. The first-order valence-corrected chi connectivity index (χ1v) is 8.44. The molecule has 1 aliphatic heterocycles. The third-order valence-electron chi connectivity index (χ3n) is 4.19. The van der Waals surface area contributed by atoms with Crippen molar-refractivity contribution in [2.24, 2.45) is 4.99 Å². The first kappa shape index (κ1) is 17.4. The van der Waals surface area contributed by atoms with Gasteiger partial charge in [0.25, 0.3) is 5.69 Å². The Balaban J connectivity index is 1.58. The molecule has 1 aromatic heterocycles. The van der Waals surface area contributed by atoms with Gasteiger partial charge in [-0.2, -0.15) is 0 Å². The van der Waals surface area contributed by atoms with Crippen molar-refractivity contribution in [3.05, 3.63) is 93.4 Å². The summed E-state index contributed by atoms with van der Waals surface area (Å²) in [5, 5.41) is 10.7. The van der Waals surface area contributed by atoms with Crippen molar-refractivity contribution in [1.29, 1.82) is 0 Å². The van der Waals surface area contributed by atoms with Crippen LogP contribution in [0.1, 0.15) is 16.9 Å². The first-order valence-electron chi connectivity index (χ1n) is 8.44. The molecule has 3 aromatic rings. The van der Waals surface area contributed by atoms with E-state index in [1.807, 2.05) is 31.2 Å². The minimum absolute atomic E-state index is 0.00400. The first-order chi connectivity index (χ1) is 13.5. The lowest BCUT2D eigenvalue weighted by Gasteiger charge is -1.99. The largest absolute Gasteiger partial charge is 0.457 e. The van der Waals surface area contributed by atoms with E-state index in [1.165, 1.54) is 18.2 Å². The maximum Gasteiger partial charge on any atom is 0.363 e. The van der Waals surface area contributed by atoms with E-state index in [0.717, 1.165) is 5.56 Å². The van der Waals surface area contributed by atoms with E-state index >= 15 is 0 Å². The number of carbonyl (C=O) groups is 1. The van der Waals surface area contributed by atoms with Crippen molar-refractivity contribution in [1.82, 2.24) is 0 Å². The van der Waals surface area contributed by atoms with Crippen molar-refractivity contribution in [3.63, 3.8) is 0 Å². The Kier molecular flexibility index (Phi) is 4.33. The maximum atomic E-state index is 12.1. The van der Waals surface area contributed by atoms with Crippen LogP contribution in [0.4, 0.5) is 5.69 Å². The number of aliphatic imine (C=N–C) groups is 1. The van der Waals surface area contributed by atoms with E-state index in [2.05, 4.69) is 4.99 Å². The molecule has 2 aromatic carbocycles. The van der Waals surface area contributed by atoms with Crippen molar-refractivity contribution < 1.29 is 18.9 Å². The van der Waals surface area contributed by atoms with Gasteiger partial charge >= 0.3 is 5.97 Å². The van der Waals surface area contributed by atoms with Crippen LogP contribution in [-0.2, 0) is 9.53 Å². The third kappa shape index (κ3) is 3.45. The molecular formula is C21H14N2O5. The van der Waals surface area contributed by atoms with Gasteiger partial charge in [-0.3, -0.25) is 10.1 Å². The van der Waals surface area contributed by atoms with E-state index in [-0.39, 0.29) is 17.3 Å². The maximum absolute atomic E-state index is 12.1. The number of aryl methyl sites for hydroxylation is 1. The molecule has 0 spiro atoms. The van der Waals surface area contributed by atoms with Gasteiger partial charge in [0.2, 0.25) is 5.90 Å². The number of hydrogen-bond acceptors (Lipinski definition) is 6. The number of carbonyl (C=O) groups excluding carboxylic acids is 1. The fourth-order valence-corrected chi connectivity index (χ4v) is 2.70. The summed E-state index contributed by atoms with van der Waals surface area (Å²) in [6.45, 7) is 1.97. The third-order valence-corrected chi connectivity index (χ3v) is 4.19. The second kappa shape index (κ2) is 6.96. The number of nitrogens with zero attached hydrogens (tertiary/aromatic N) is 2. The van der Waals surface area contributed by atoms with Gasteiger partial charge in [0.1, 0.15) is 11.5 Å². The summed E-state index contributed by atoms with van der Waals surface area (Å²) in [5.41, 5.74) is 2.64. The molecule has 7 heteroatoms. The molecule has 7 nitrogen and oxygen atoms in total. The van der Waals surface area contributed by atoms with E-state index in [1.54, 1.807) is 24.3 Å². The topological polar surface area (TPSA) is 94.9 Å². The molecule has 0 saturated carbocycles. The van der Waals surface area contributed by atoms with Crippen molar-refractivity contribution in [2.75, 3.05) is 0 Å². The van der Waals surface area contributed by atoms with Crippen LogP contribution in [0, 0.1) is 17.0 Å². The van der Waals surface area contributed by atoms with Gasteiger partial charge in [-0.15, -0.1) is 0 Å². The van der Waals surface area contributed by atoms with Gasteiger partial charge in [-0.05, 0) is 43.3 Å². The predicted molar refractivity (Wildman–Crippen MR) is 103 cm³/mol. The van der Waals surface area contributed by atoms with Crippen LogP contribution in [0.2, 0.25) is 0 Å². The molecule has 1 aliphatic rings. The molecule has 0 unspecified atom stereocenters. The van der Waals surface area contributed by atoms with E-state index in [9.17, 15) is 14.9 Å². The van der Waals surface area contributed by atoms with Crippen LogP contribution in [0.3, 0.4) is 0 Å². The summed E-state index contributed by atoms with van der Waals surface area (Å²) in [7, 11) is 0. The summed E-state index contributed by atoms with van der Waals surface area (Å²) < 4.78 is 11.0. The summed E-state index contributed by atoms with van der Waals surface area (Å²) >= 11 is 0. The molecule has 0 amide bonds. The number of nitro groups is 1. The lowest BCUT2D eigenvalue weighted by molar-refractivity contribution is -0.384. The Labute approximate surface area is 159 Å². The number of non-ortho nitro benzene ring substituents is 1. The zero-order chi connectivity index (χ0) is 19.7. The fraction of sp³-hybridized carbons (Fsp3) is 0.0476. The molecule has 0 bridgehead atoms. The van der Waals surface area contributed by atoms with Gasteiger partial charge in [0.05, 0.1) is 4.92 Å². The Morgan fingerprint density at radius 1 is 0.964 bits per heavy atom. The smallest absolute Gasteiger partial charge is 0.363 e. The lowest BCUT2D eigenvalue weighted by atomic mass is 10.1. The molecular weight excluding hydrogens is 360 g/mol. The highest BCUT2D eigenvalue weighted by Crippen LogP contribution is 2.26. The highest BCUT2D eigenvalue weighted by atomic mass is 16.6. The van der Waals surface area contributed by atoms with Crippen LogP contribution < -0.4 is 0 Å². The van der Waals surface area contributed by atoms with Crippen LogP contribution in [-0.4, -0.2) is 16.8 Å². The van der Waals surface area contributed by atoms with Crippen LogP contribution in [0.15, 0.2) is 75.8 Å². The number of ether oxygens (including phenoxy) is 1. The molecule has 2 heterocycles.